The lowest BCUT2D eigenvalue weighted by atomic mass is 10.1. The zero-order valence-electron chi connectivity index (χ0n) is 8.61. The molecular weight excluding hydrogens is 192 g/mol. The zero-order valence-corrected chi connectivity index (χ0v) is 8.61. The Hall–Kier alpha value is -2.04. The van der Waals surface area contributed by atoms with Crippen LogP contribution in [-0.2, 0) is 0 Å². The van der Waals surface area contributed by atoms with Crippen molar-refractivity contribution in [2.75, 3.05) is 12.8 Å². The van der Waals surface area contributed by atoms with Crippen molar-refractivity contribution in [1.82, 2.24) is 15.2 Å². The summed E-state index contributed by atoms with van der Waals surface area (Å²) in [5, 5.41) is 6.71. The Morgan fingerprint density at radius 3 is 2.73 bits per heavy atom. The second-order valence-electron chi connectivity index (χ2n) is 3.25. The Kier molecular flexibility index (Phi) is 2.29. The second kappa shape index (κ2) is 3.61. The van der Waals surface area contributed by atoms with Crippen molar-refractivity contribution in [3.05, 3.63) is 23.9 Å². The fraction of sp³-hybridized carbons (Fsp3) is 0.200. The summed E-state index contributed by atoms with van der Waals surface area (Å²) in [6.45, 7) is 1.91. The Morgan fingerprint density at radius 1 is 1.33 bits per heavy atom. The van der Waals surface area contributed by atoms with Crippen LogP contribution in [0.5, 0.6) is 5.88 Å². The maximum Gasteiger partial charge on any atom is 0.213 e. The van der Waals surface area contributed by atoms with E-state index in [1.54, 1.807) is 13.2 Å². The third-order valence-electron chi connectivity index (χ3n) is 2.05. The van der Waals surface area contributed by atoms with E-state index in [-0.39, 0.29) is 0 Å². The molecule has 0 aromatic carbocycles. The third-order valence-corrected chi connectivity index (χ3v) is 2.05. The summed E-state index contributed by atoms with van der Waals surface area (Å²) in [5.74, 6) is 1.05. The fourth-order valence-electron chi connectivity index (χ4n) is 1.38. The number of nitrogens with one attached hydrogen (secondary N) is 1. The molecule has 78 valence electrons. The van der Waals surface area contributed by atoms with Gasteiger partial charge in [-0.2, -0.15) is 5.10 Å². The lowest BCUT2D eigenvalue weighted by Crippen LogP contribution is -1.91. The normalized spacial score (nSPS) is 10.3. The van der Waals surface area contributed by atoms with E-state index < -0.39 is 0 Å². The van der Waals surface area contributed by atoms with Crippen LogP contribution >= 0.6 is 0 Å². The van der Waals surface area contributed by atoms with Crippen LogP contribution in [0.25, 0.3) is 11.3 Å². The zero-order chi connectivity index (χ0) is 10.8. The van der Waals surface area contributed by atoms with Gasteiger partial charge in [0.1, 0.15) is 5.82 Å². The molecule has 0 fully saturated rings. The number of hydrogen-bond acceptors (Lipinski definition) is 4. The molecule has 0 saturated carbocycles. The largest absolute Gasteiger partial charge is 0.481 e. The van der Waals surface area contributed by atoms with Gasteiger partial charge in [-0.1, -0.05) is 0 Å². The predicted molar refractivity (Wildman–Crippen MR) is 57.5 cm³/mol. The third kappa shape index (κ3) is 1.90. The molecule has 2 heterocycles. The van der Waals surface area contributed by atoms with Crippen LogP contribution < -0.4 is 10.5 Å². The number of nitrogen functional groups attached to an aromatic ring is 1. The van der Waals surface area contributed by atoms with Crippen molar-refractivity contribution in [2.24, 2.45) is 0 Å². The first-order valence-electron chi connectivity index (χ1n) is 4.53. The molecule has 0 bridgehead atoms. The van der Waals surface area contributed by atoms with Gasteiger partial charge in [0, 0.05) is 23.4 Å². The van der Waals surface area contributed by atoms with Crippen LogP contribution in [0.3, 0.4) is 0 Å². The second-order valence-corrected chi connectivity index (χ2v) is 3.25. The average Bonchev–Trinajstić information content (AvgIpc) is 2.64. The molecule has 0 saturated heterocycles. The van der Waals surface area contributed by atoms with Gasteiger partial charge < -0.3 is 10.5 Å². The van der Waals surface area contributed by atoms with Gasteiger partial charge in [0.25, 0.3) is 0 Å². The van der Waals surface area contributed by atoms with E-state index >= 15 is 0 Å². The van der Waals surface area contributed by atoms with Crippen molar-refractivity contribution in [3.8, 4) is 17.1 Å². The molecule has 2 rings (SSSR count). The Bertz CT molecular complexity index is 478. The number of pyridine rings is 1. The molecule has 2 aromatic rings. The first-order chi connectivity index (χ1) is 7.19. The predicted octanol–water partition coefficient (Wildman–Crippen LogP) is 1.37. The van der Waals surface area contributed by atoms with Crippen LogP contribution in [0.1, 0.15) is 5.69 Å². The number of nitrogens with zero attached hydrogens (tertiary/aromatic N) is 2. The minimum absolute atomic E-state index is 0.471. The van der Waals surface area contributed by atoms with Gasteiger partial charge >= 0.3 is 0 Å². The molecule has 0 aliphatic carbocycles. The number of ether oxygens (including phenoxy) is 1. The number of H-pyrrole nitrogens is 1. The van der Waals surface area contributed by atoms with Crippen LogP contribution in [-0.4, -0.2) is 22.3 Å². The molecule has 0 amide bonds. The van der Waals surface area contributed by atoms with Gasteiger partial charge in [-0.15, -0.1) is 0 Å². The Labute approximate surface area is 87.3 Å². The highest BCUT2D eigenvalue weighted by atomic mass is 16.5. The molecule has 5 heteroatoms. The fourth-order valence-corrected chi connectivity index (χ4v) is 1.38. The topological polar surface area (TPSA) is 76.8 Å². The number of aromatic nitrogens is 3. The number of rotatable bonds is 2. The number of hydrogen-bond donors (Lipinski definition) is 2. The molecule has 0 spiro atoms. The van der Waals surface area contributed by atoms with E-state index in [9.17, 15) is 0 Å². The smallest absolute Gasteiger partial charge is 0.213 e. The van der Waals surface area contributed by atoms with E-state index in [1.165, 1.54) is 0 Å². The Morgan fingerprint density at radius 2 is 2.13 bits per heavy atom. The van der Waals surface area contributed by atoms with Crippen molar-refractivity contribution in [3.63, 3.8) is 0 Å². The SMILES string of the molecule is COc1cc(-c2cc(N)n[nH]2)cc(C)n1. The van der Waals surface area contributed by atoms with Gasteiger partial charge in [-0.3, -0.25) is 5.10 Å². The maximum atomic E-state index is 5.54. The molecule has 0 radical (unpaired) electrons. The van der Waals surface area contributed by atoms with Gasteiger partial charge in [0.2, 0.25) is 5.88 Å². The van der Waals surface area contributed by atoms with Gasteiger partial charge in [0.15, 0.2) is 0 Å². The van der Waals surface area contributed by atoms with Crippen LogP contribution in [0.15, 0.2) is 18.2 Å². The first kappa shape index (κ1) is 9.51. The molecule has 0 atom stereocenters. The summed E-state index contributed by atoms with van der Waals surface area (Å²) in [4.78, 5) is 4.20. The van der Waals surface area contributed by atoms with Crippen molar-refractivity contribution in [2.45, 2.75) is 6.92 Å². The average molecular weight is 204 g/mol. The summed E-state index contributed by atoms with van der Waals surface area (Å²) in [5.41, 5.74) is 8.24. The van der Waals surface area contributed by atoms with Crippen LogP contribution in [0, 0.1) is 6.92 Å². The monoisotopic (exact) mass is 204 g/mol. The van der Waals surface area contributed by atoms with Crippen molar-refractivity contribution < 1.29 is 4.74 Å². The van der Waals surface area contributed by atoms with E-state index in [1.807, 2.05) is 19.1 Å². The minimum Gasteiger partial charge on any atom is -0.481 e. The molecule has 0 unspecified atom stereocenters. The molecular formula is C10H12N4O. The van der Waals surface area contributed by atoms with Crippen molar-refractivity contribution in [1.29, 1.82) is 0 Å². The molecule has 2 aromatic heterocycles. The van der Waals surface area contributed by atoms with E-state index in [4.69, 9.17) is 10.5 Å². The lowest BCUT2D eigenvalue weighted by molar-refractivity contribution is 0.397. The highest BCUT2D eigenvalue weighted by Gasteiger charge is 2.05. The molecule has 5 nitrogen and oxygen atoms in total. The number of methoxy groups -OCH3 is 1. The van der Waals surface area contributed by atoms with Gasteiger partial charge in [-0.05, 0) is 13.0 Å². The van der Waals surface area contributed by atoms with E-state index in [0.717, 1.165) is 17.0 Å². The van der Waals surface area contributed by atoms with Gasteiger partial charge in [-0.25, -0.2) is 4.98 Å². The molecule has 0 aliphatic rings. The van der Waals surface area contributed by atoms with Crippen LogP contribution in [0.2, 0.25) is 0 Å². The van der Waals surface area contributed by atoms with E-state index in [2.05, 4.69) is 15.2 Å². The van der Waals surface area contributed by atoms with E-state index in [0.29, 0.717) is 11.7 Å². The summed E-state index contributed by atoms with van der Waals surface area (Å²) < 4.78 is 5.09. The summed E-state index contributed by atoms with van der Waals surface area (Å²) in [7, 11) is 1.59. The Balaban J connectivity index is 2.48. The summed E-state index contributed by atoms with van der Waals surface area (Å²) in [6.07, 6.45) is 0. The number of anilines is 1. The highest BCUT2D eigenvalue weighted by Crippen LogP contribution is 2.22. The minimum atomic E-state index is 0.471. The van der Waals surface area contributed by atoms with Crippen molar-refractivity contribution >= 4 is 5.82 Å². The summed E-state index contributed by atoms with van der Waals surface area (Å²) in [6, 6.07) is 5.55. The first-order valence-corrected chi connectivity index (χ1v) is 4.53. The van der Waals surface area contributed by atoms with Gasteiger partial charge in [0.05, 0.1) is 12.8 Å². The molecule has 3 N–H and O–H groups in total. The molecule has 0 aliphatic heterocycles. The van der Waals surface area contributed by atoms with Crippen LogP contribution in [0.4, 0.5) is 5.82 Å². The quantitative estimate of drug-likeness (QED) is 0.774. The maximum absolute atomic E-state index is 5.54. The lowest BCUT2D eigenvalue weighted by Gasteiger charge is -2.03. The number of aromatic amines is 1. The number of nitrogens with two attached hydrogens (primary N) is 1. The highest BCUT2D eigenvalue weighted by molar-refractivity contribution is 5.63. The number of aryl methyl sites for hydroxylation is 1. The summed E-state index contributed by atoms with van der Waals surface area (Å²) >= 11 is 0. The standard InChI is InChI=1S/C10H12N4O/c1-6-3-7(4-10(12-6)15-2)8-5-9(11)14-13-8/h3-5H,1-2H3,(H3,11,13,14). The molecule has 15 heavy (non-hydrogen) atoms.